The predicted molar refractivity (Wildman–Crippen MR) is 90.5 cm³/mol. The Kier molecular flexibility index (Phi) is 4.97. The molecule has 142 valence electrons. The van der Waals surface area contributed by atoms with Gasteiger partial charge in [0, 0.05) is 19.5 Å². The molecule has 1 aliphatic heterocycles. The molecule has 2 N–H and O–H groups in total. The zero-order valence-corrected chi connectivity index (χ0v) is 14.7. The first-order valence-corrected chi connectivity index (χ1v) is 8.12. The van der Waals surface area contributed by atoms with Crippen LogP contribution in [0.5, 0.6) is 5.75 Å². The Labute approximate surface area is 154 Å². The molecule has 0 bridgehead atoms. The summed E-state index contributed by atoms with van der Waals surface area (Å²) in [5.74, 6) is -4.67. The van der Waals surface area contributed by atoms with Crippen LogP contribution in [-0.4, -0.2) is 34.0 Å². The molecule has 0 saturated carbocycles. The van der Waals surface area contributed by atoms with E-state index in [4.69, 9.17) is 9.57 Å². The SMILES string of the molecule is CC(=O)C(=O)N(C)OC1(O)c2cc(F)ccc2COC1c1ccc(O)cc1. The molecule has 0 aromatic heterocycles. The summed E-state index contributed by atoms with van der Waals surface area (Å²) in [6, 6.07) is 9.55. The summed E-state index contributed by atoms with van der Waals surface area (Å²) in [6.45, 7) is 1.13. The number of rotatable bonds is 4. The lowest BCUT2D eigenvalue weighted by Gasteiger charge is -2.41. The van der Waals surface area contributed by atoms with Crippen LogP contribution >= 0.6 is 0 Å². The van der Waals surface area contributed by atoms with Gasteiger partial charge in [-0.25, -0.2) is 14.3 Å². The van der Waals surface area contributed by atoms with E-state index in [1.807, 2.05) is 0 Å². The summed E-state index contributed by atoms with van der Waals surface area (Å²) in [6.07, 6.45) is -1.14. The van der Waals surface area contributed by atoms with E-state index in [0.717, 1.165) is 13.0 Å². The third-order valence-electron chi connectivity index (χ3n) is 4.28. The molecule has 7 nitrogen and oxygen atoms in total. The molecule has 1 amide bonds. The van der Waals surface area contributed by atoms with Gasteiger partial charge in [-0.3, -0.25) is 9.59 Å². The van der Waals surface area contributed by atoms with Crippen molar-refractivity contribution in [3.8, 4) is 5.75 Å². The number of hydroxylamine groups is 2. The Morgan fingerprint density at radius 2 is 1.93 bits per heavy atom. The first kappa shape index (κ1) is 19.0. The van der Waals surface area contributed by atoms with E-state index in [0.29, 0.717) is 16.2 Å². The zero-order chi connectivity index (χ0) is 19.8. The number of ether oxygens (including phenoxy) is 1. The molecule has 0 fully saturated rings. The molecule has 2 unspecified atom stereocenters. The van der Waals surface area contributed by atoms with Gasteiger partial charge in [0.2, 0.25) is 11.6 Å². The molecule has 2 aromatic rings. The van der Waals surface area contributed by atoms with E-state index in [1.165, 1.54) is 43.4 Å². The Bertz CT molecular complexity index is 884. The van der Waals surface area contributed by atoms with Gasteiger partial charge in [-0.15, -0.1) is 0 Å². The topological polar surface area (TPSA) is 96.3 Å². The first-order chi connectivity index (χ1) is 12.7. The van der Waals surface area contributed by atoms with Crippen LogP contribution in [0.2, 0.25) is 0 Å². The molecule has 3 rings (SSSR count). The van der Waals surface area contributed by atoms with Gasteiger partial charge in [0.05, 0.1) is 6.61 Å². The summed E-state index contributed by atoms with van der Waals surface area (Å²) in [5, 5.41) is 21.4. The highest BCUT2D eigenvalue weighted by atomic mass is 19.1. The average molecular weight is 375 g/mol. The fourth-order valence-electron chi connectivity index (χ4n) is 2.98. The van der Waals surface area contributed by atoms with E-state index >= 15 is 0 Å². The summed E-state index contributed by atoms with van der Waals surface area (Å²) in [7, 11) is 1.17. The minimum atomic E-state index is -2.29. The maximum Gasteiger partial charge on any atom is 0.313 e. The third-order valence-corrected chi connectivity index (χ3v) is 4.28. The second kappa shape index (κ2) is 7.07. The Morgan fingerprint density at radius 1 is 1.26 bits per heavy atom. The van der Waals surface area contributed by atoms with Gasteiger partial charge in [0.1, 0.15) is 17.7 Å². The smallest absolute Gasteiger partial charge is 0.313 e. The molecule has 0 spiro atoms. The maximum absolute atomic E-state index is 13.9. The van der Waals surface area contributed by atoms with Crippen LogP contribution in [0.25, 0.3) is 0 Å². The van der Waals surface area contributed by atoms with Crippen LogP contribution in [0.1, 0.15) is 29.7 Å². The lowest BCUT2D eigenvalue weighted by atomic mass is 9.88. The Hall–Kier alpha value is -2.81. The zero-order valence-electron chi connectivity index (χ0n) is 14.7. The molecular formula is C19H18FNO6. The average Bonchev–Trinajstić information content (AvgIpc) is 2.62. The number of likely N-dealkylation sites (N-methyl/N-ethyl adjacent to an activating group) is 1. The number of carbonyl (C=O) groups excluding carboxylic acids is 2. The van der Waals surface area contributed by atoms with Gasteiger partial charge in [0.25, 0.3) is 0 Å². The van der Waals surface area contributed by atoms with Crippen LogP contribution in [0, 0.1) is 5.82 Å². The van der Waals surface area contributed by atoms with E-state index in [9.17, 15) is 24.2 Å². The molecular weight excluding hydrogens is 357 g/mol. The number of ketones is 1. The molecule has 1 aliphatic rings. The second-order valence-electron chi connectivity index (χ2n) is 6.23. The number of halogens is 1. The van der Waals surface area contributed by atoms with Crippen molar-refractivity contribution < 1.29 is 33.8 Å². The highest BCUT2D eigenvalue weighted by Gasteiger charge is 2.49. The number of amides is 1. The number of fused-ring (bicyclic) bond motifs is 1. The number of nitrogens with zero attached hydrogens (tertiary/aromatic N) is 1. The number of carbonyl (C=O) groups is 2. The van der Waals surface area contributed by atoms with Crippen LogP contribution in [0.15, 0.2) is 42.5 Å². The van der Waals surface area contributed by atoms with E-state index < -0.39 is 29.4 Å². The molecule has 2 atom stereocenters. The van der Waals surface area contributed by atoms with Crippen molar-refractivity contribution in [1.82, 2.24) is 5.06 Å². The molecule has 0 aliphatic carbocycles. The molecule has 0 saturated heterocycles. The Morgan fingerprint density at radius 3 is 2.56 bits per heavy atom. The fourth-order valence-corrected chi connectivity index (χ4v) is 2.98. The summed E-state index contributed by atoms with van der Waals surface area (Å²) < 4.78 is 19.6. The quantitative estimate of drug-likeness (QED) is 0.482. The third kappa shape index (κ3) is 3.55. The number of benzene rings is 2. The van der Waals surface area contributed by atoms with Crippen LogP contribution in [0.4, 0.5) is 4.39 Å². The lowest BCUT2D eigenvalue weighted by molar-refractivity contribution is -0.364. The summed E-state index contributed by atoms with van der Waals surface area (Å²) >= 11 is 0. The monoisotopic (exact) mass is 375 g/mol. The van der Waals surface area contributed by atoms with E-state index in [-0.39, 0.29) is 17.9 Å². The molecule has 0 radical (unpaired) electrons. The molecule has 8 heteroatoms. The first-order valence-electron chi connectivity index (χ1n) is 8.12. The standard InChI is InChI=1S/C19H18FNO6/c1-11(22)18(24)21(2)27-19(25)16-9-14(20)6-3-13(16)10-26-17(19)12-4-7-15(23)8-5-12/h3-9,17,23,25H,10H2,1-2H3. The number of hydrogen-bond donors (Lipinski definition) is 2. The van der Waals surface area contributed by atoms with Crippen LogP contribution < -0.4 is 0 Å². The molecule has 2 aromatic carbocycles. The molecule has 1 heterocycles. The van der Waals surface area contributed by atoms with Crippen molar-refractivity contribution in [1.29, 1.82) is 0 Å². The van der Waals surface area contributed by atoms with E-state index in [1.54, 1.807) is 0 Å². The minimum Gasteiger partial charge on any atom is -0.508 e. The summed E-state index contributed by atoms with van der Waals surface area (Å²) in [5.41, 5.74) is 0.974. The number of aliphatic hydroxyl groups is 1. The van der Waals surface area contributed by atoms with Crippen molar-refractivity contribution in [2.75, 3.05) is 7.05 Å². The predicted octanol–water partition coefficient (Wildman–Crippen LogP) is 1.93. The van der Waals surface area contributed by atoms with Crippen molar-refractivity contribution in [2.45, 2.75) is 25.4 Å². The van der Waals surface area contributed by atoms with Gasteiger partial charge in [-0.1, -0.05) is 18.2 Å². The number of phenolic OH excluding ortho intramolecular Hbond substituents is 1. The van der Waals surface area contributed by atoms with Gasteiger partial charge in [-0.05, 0) is 35.4 Å². The van der Waals surface area contributed by atoms with Crippen molar-refractivity contribution in [3.63, 3.8) is 0 Å². The number of phenols is 1. The van der Waals surface area contributed by atoms with E-state index in [2.05, 4.69) is 0 Å². The highest BCUT2D eigenvalue weighted by Crippen LogP contribution is 2.45. The maximum atomic E-state index is 13.9. The van der Waals surface area contributed by atoms with Crippen molar-refractivity contribution >= 4 is 11.7 Å². The van der Waals surface area contributed by atoms with Crippen LogP contribution in [0.3, 0.4) is 0 Å². The normalized spacial score (nSPS) is 21.4. The second-order valence-corrected chi connectivity index (χ2v) is 6.23. The van der Waals surface area contributed by atoms with Crippen LogP contribution in [-0.2, 0) is 31.6 Å². The largest absolute Gasteiger partial charge is 0.508 e. The number of hydrogen-bond acceptors (Lipinski definition) is 6. The highest BCUT2D eigenvalue weighted by molar-refractivity contribution is 6.34. The van der Waals surface area contributed by atoms with Gasteiger partial charge < -0.3 is 14.9 Å². The number of aromatic hydroxyl groups is 1. The Balaban J connectivity index is 2.09. The van der Waals surface area contributed by atoms with Gasteiger partial charge in [0.15, 0.2) is 0 Å². The molecule has 27 heavy (non-hydrogen) atoms. The van der Waals surface area contributed by atoms with Gasteiger partial charge in [-0.2, -0.15) is 0 Å². The van der Waals surface area contributed by atoms with Gasteiger partial charge >= 0.3 is 5.91 Å². The fraction of sp³-hybridized carbons (Fsp3) is 0.263. The summed E-state index contributed by atoms with van der Waals surface area (Å²) in [4.78, 5) is 28.7. The lowest BCUT2D eigenvalue weighted by Crippen LogP contribution is -2.48. The minimum absolute atomic E-state index is 0.00865. The number of Topliss-reactive ketones (excluding diaryl/α,β-unsaturated/α-hetero) is 1. The van der Waals surface area contributed by atoms with Crippen molar-refractivity contribution in [3.05, 3.63) is 65.0 Å². The van der Waals surface area contributed by atoms with Crippen molar-refractivity contribution in [2.24, 2.45) is 0 Å².